The van der Waals surface area contributed by atoms with Gasteiger partial charge in [0, 0.05) is 19.1 Å². The molecular formula is C17H25N3O2. The molecule has 0 aliphatic carbocycles. The first kappa shape index (κ1) is 16.5. The molecule has 1 aromatic carbocycles. The molecule has 1 aliphatic heterocycles. The molecule has 5 nitrogen and oxygen atoms in total. The van der Waals surface area contributed by atoms with Gasteiger partial charge in [-0.2, -0.15) is 0 Å². The first-order chi connectivity index (χ1) is 10.6. The third-order valence-electron chi connectivity index (χ3n) is 3.95. The van der Waals surface area contributed by atoms with Crippen molar-refractivity contribution in [3.05, 3.63) is 35.9 Å². The van der Waals surface area contributed by atoms with Gasteiger partial charge in [-0.25, -0.2) is 0 Å². The summed E-state index contributed by atoms with van der Waals surface area (Å²) in [5.74, 6) is -0.113. The number of carbonyl (C=O) groups excluding carboxylic acids is 2. The lowest BCUT2D eigenvalue weighted by molar-refractivity contribution is -0.135. The zero-order valence-electron chi connectivity index (χ0n) is 13.1. The molecule has 5 heteroatoms. The van der Waals surface area contributed by atoms with Crippen LogP contribution in [0.5, 0.6) is 0 Å². The summed E-state index contributed by atoms with van der Waals surface area (Å²) in [7, 11) is 0. The highest BCUT2D eigenvalue weighted by atomic mass is 16.2. The maximum atomic E-state index is 12.5. The predicted octanol–water partition coefficient (Wildman–Crippen LogP) is 1.07. The summed E-state index contributed by atoms with van der Waals surface area (Å²) in [5, 5.41) is 2.89. The minimum Gasteiger partial charge on any atom is -0.344 e. The van der Waals surface area contributed by atoms with E-state index < -0.39 is 6.04 Å². The Bertz CT molecular complexity index is 504. The minimum absolute atomic E-state index is 0.00351. The lowest BCUT2D eigenvalue weighted by Gasteiger charge is -2.24. The third kappa shape index (κ3) is 4.56. The van der Waals surface area contributed by atoms with E-state index in [0.29, 0.717) is 25.9 Å². The molecule has 1 fully saturated rings. The monoisotopic (exact) mass is 303 g/mol. The topological polar surface area (TPSA) is 75.4 Å². The normalized spacial score (nSPS) is 19.0. The van der Waals surface area contributed by atoms with Gasteiger partial charge >= 0.3 is 0 Å². The van der Waals surface area contributed by atoms with Crippen LogP contribution in [-0.2, 0) is 16.0 Å². The van der Waals surface area contributed by atoms with Crippen LogP contribution in [0.2, 0.25) is 0 Å². The van der Waals surface area contributed by atoms with E-state index in [2.05, 4.69) is 5.32 Å². The molecule has 3 N–H and O–H groups in total. The maximum Gasteiger partial charge on any atom is 0.245 e. The van der Waals surface area contributed by atoms with Crippen LogP contribution >= 0.6 is 0 Å². The Kier molecular flexibility index (Phi) is 5.95. The van der Waals surface area contributed by atoms with Crippen LogP contribution < -0.4 is 11.1 Å². The Balaban J connectivity index is 1.93. The average Bonchev–Trinajstić information content (AvgIpc) is 2.93. The molecular weight excluding hydrogens is 278 g/mol. The van der Waals surface area contributed by atoms with E-state index >= 15 is 0 Å². The number of nitrogens with zero attached hydrogens (tertiary/aromatic N) is 1. The van der Waals surface area contributed by atoms with Crippen LogP contribution in [0.25, 0.3) is 0 Å². The quantitative estimate of drug-likeness (QED) is 0.825. The van der Waals surface area contributed by atoms with E-state index in [-0.39, 0.29) is 17.9 Å². The molecule has 2 atom stereocenters. The number of benzene rings is 1. The minimum atomic E-state index is -0.438. The maximum absolute atomic E-state index is 12.5. The lowest BCUT2D eigenvalue weighted by atomic mass is 10.1. The molecule has 0 saturated carbocycles. The molecule has 2 amide bonds. The largest absolute Gasteiger partial charge is 0.344 e. The van der Waals surface area contributed by atoms with Crippen LogP contribution in [0, 0.1) is 0 Å². The number of amides is 2. The molecule has 1 heterocycles. The van der Waals surface area contributed by atoms with Crippen molar-refractivity contribution in [1.82, 2.24) is 10.2 Å². The Morgan fingerprint density at radius 1 is 1.36 bits per heavy atom. The Morgan fingerprint density at radius 3 is 2.68 bits per heavy atom. The third-order valence-corrected chi connectivity index (χ3v) is 3.95. The van der Waals surface area contributed by atoms with Gasteiger partial charge in [-0.1, -0.05) is 43.7 Å². The fraction of sp³-hybridized carbons (Fsp3) is 0.529. The van der Waals surface area contributed by atoms with E-state index in [0.717, 1.165) is 18.4 Å². The molecule has 1 aromatic rings. The Morgan fingerprint density at radius 2 is 2.09 bits per heavy atom. The number of rotatable bonds is 6. The molecule has 0 radical (unpaired) electrons. The van der Waals surface area contributed by atoms with Crippen molar-refractivity contribution in [3.63, 3.8) is 0 Å². The standard InChI is InChI=1S/C17H25N3O2/c1-2-6-15(17(22)20-10-9-14(18)12-20)19-16(21)11-13-7-4-3-5-8-13/h3-5,7-8,14-15H,2,6,9-12,18H2,1H3,(H,19,21)/t14-,15?/m1/s1. The highest BCUT2D eigenvalue weighted by Gasteiger charge is 2.29. The second kappa shape index (κ2) is 7.94. The number of carbonyl (C=O) groups is 2. The second-order valence-corrected chi connectivity index (χ2v) is 5.90. The van der Waals surface area contributed by atoms with Crippen LogP contribution in [0.4, 0.5) is 0 Å². The first-order valence-corrected chi connectivity index (χ1v) is 7.97. The average molecular weight is 303 g/mol. The Hall–Kier alpha value is -1.88. The summed E-state index contributed by atoms with van der Waals surface area (Å²) in [6.45, 7) is 3.29. The first-order valence-electron chi connectivity index (χ1n) is 7.97. The van der Waals surface area contributed by atoms with Crippen LogP contribution in [0.15, 0.2) is 30.3 Å². The van der Waals surface area contributed by atoms with E-state index in [1.54, 1.807) is 4.90 Å². The molecule has 22 heavy (non-hydrogen) atoms. The van der Waals surface area contributed by atoms with Crippen molar-refractivity contribution in [1.29, 1.82) is 0 Å². The number of hydrogen-bond donors (Lipinski definition) is 2. The van der Waals surface area contributed by atoms with Gasteiger partial charge in [0.15, 0.2) is 0 Å². The summed E-state index contributed by atoms with van der Waals surface area (Å²) < 4.78 is 0. The summed E-state index contributed by atoms with van der Waals surface area (Å²) in [5.41, 5.74) is 6.81. The molecule has 0 aromatic heterocycles. The summed E-state index contributed by atoms with van der Waals surface area (Å²) in [6.07, 6.45) is 2.64. The van der Waals surface area contributed by atoms with Gasteiger partial charge in [-0.15, -0.1) is 0 Å². The summed E-state index contributed by atoms with van der Waals surface area (Å²) in [4.78, 5) is 26.5. The van der Waals surface area contributed by atoms with Gasteiger partial charge in [-0.3, -0.25) is 9.59 Å². The van der Waals surface area contributed by atoms with Crippen LogP contribution in [-0.4, -0.2) is 41.9 Å². The summed E-state index contributed by atoms with van der Waals surface area (Å²) >= 11 is 0. The number of hydrogen-bond acceptors (Lipinski definition) is 3. The highest BCUT2D eigenvalue weighted by Crippen LogP contribution is 2.11. The van der Waals surface area contributed by atoms with Crippen LogP contribution in [0.3, 0.4) is 0 Å². The van der Waals surface area contributed by atoms with E-state index in [1.165, 1.54) is 0 Å². The zero-order chi connectivity index (χ0) is 15.9. The van der Waals surface area contributed by atoms with Gasteiger partial charge in [-0.05, 0) is 18.4 Å². The van der Waals surface area contributed by atoms with E-state index in [1.807, 2.05) is 37.3 Å². The van der Waals surface area contributed by atoms with E-state index in [9.17, 15) is 9.59 Å². The van der Waals surface area contributed by atoms with Crippen molar-refractivity contribution >= 4 is 11.8 Å². The number of nitrogens with one attached hydrogen (secondary N) is 1. The van der Waals surface area contributed by atoms with Gasteiger partial charge in [0.2, 0.25) is 11.8 Å². The van der Waals surface area contributed by atoms with Crippen LogP contribution in [0.1, 0.15) is 31.7 Å². The van der Waals surface area contributed by atoms with Crippen molar-refractivity contribution in [2.24, 2.45) is 5.73 Å². The number of likely N-dealkylation sites (tertiary alicyclic amines) is 1. The molecule has 120 valence electrons. The fourth-order valence-electron chi connectivity index (χ4n) is 2.78. The van der Waals surface area contributed by atoms with Gasteiger partial charge < -0.3 is 16.0 Å². The molecule has 1 aliphatic rings. The molecule has 1 unspecified atom stereocenters. The molecule has 0 spiro atoms. The number of nitrogens with two attached hydrogens (primary N) is 1. The van der Waals surface area contributed by atoms with Gasteiger partial charge in [0.1, 0.15) is 6.04 Å². The lowest BCUT2D eigenvalue weighted by Crippen LogP contribution is -2.48. The smallest absolute Gasteiger partial charge is 0.245 e. The van der Waals surface area contributed by atoms with Crippen molar-refractivity contribution in [3.8, 4) is 0 Å². The summed E-state index contributed by atoms with van der Waals surface area (Å²) in [6, 6.07) is 9.18. The molecule has 2 rings (SSSR count). The molecule has 1 saturated heterocycles. The zero-order valence-corrected chi connectivity index (χ0v) is 13.1. The second-order valence-electron chi connectivity index (χ2n) is 5.90. The van der Waals surface area contributed by atoms with Gasteiger partial charge in [0.05, 0.1) is 6.42 Å². The molecule has 0 bridgehead atoms. The fourth-order valence-corrected chi connectivity index (χ4v) is 2.78. The van der Waals surface area contributed by atoms with Crippen molar-refractivity contribution in [2.75, 3.05) is 13.1 Å². The van der Waals surface area contributed by atoms with E-state index in [4.69, 9.17) is 5.73 Å². The SMILES string of the molecule is CCCC(NC(=O)Cc1ccccc1)C(=O)N1CC[C@@H](N)C1. The highest BCUT2D eigenvalue weighted by molar-refractivity contribution is 5.88. The van der Waals surface area contributed by atoms with Crippen molar-refractivity contribution < 1.29 is 9.59 Å². The predicted molar refractivity (Wildman–Crippen MR) is 86.2 cm³/mol. The van der Waals surface area contributed by atoms with Gasteiger partial charge in [0.25, 0.3) is 0 Å². The Labute approximate surface area is 131 Å². The van der Waals surface area contributed by atoms with Crippen molar-refractivity contribution in [2.45, 2.75) is 44.7 Å².